The smallest absolute Gasteiger partial charge is 0.254 e. The summed E-state index contributed by atoms with van der Waals surface area (Å²) in [7, 11) is 1.99. The van der Waals surface area contributed by atoms with Crippen molar-refractivity contribution in [3.8, 4) is 0 Å². The van der Waals surface area contributed by atoms with Gasteiger partial charge in [-0.2, -0.15) is 0 Å². The molecule has 0 N–H and O–H groups in total. The quantitative estimate of drug-likeness (QED) is 0.417. The molecule has 32 heavy (non-hydrogen) atoms. The van der Waals surface area contributed by atoms with Crippen LogP contribution >= 0.6 is 11.6 Å². The Hall–Kier alpha value is -3.18. The number of benzene rings is 2. The van der Waals surface area contributed by atoms with E-state index in [9.17, 15) is 4.79 Å². The molecule has 6 heteroatoms. The van der Waals surface area contributed by atoms with Gasteiger partial charge < -0.3 is 9.47 Å². The highest BCUT2D eigenvalue weighted by Gasteiger charge is 2.31. The molecule has 0 unspecified atom stereocenters. The number of likely N-dealkylation sites (tertiary alicyclic amines) is 1. The van der Waals surface area contributed by atoms with E-state index < -0.39 is 0 Å². The van der Waals surface area contributed by atoms with Gasteiger partial charge >= 0.3 is 0 Å². The first kappa shape index (κ1) is 20.7. The third kappa shape index (κ3) is 3.89. The van der Waals surface area contributed by atoms with Gasteiger partial charge in [-0.15, -0.1) is 0 Å². The average molecular weight is 445 g/mol. The number of nitrogens with zero attached hydrogens (tertiary/aromatic N) is 4. The molecule has 0 radical (unpaired) electrons. The average Bonchev–Trinajstić information content (AvgIpc) is 3.40. The Balaban J connectivity index is 1.35. The summed E-state index contributed by atoms with van der Waals surface area (Å²) in [6.45, 7) is 2.72. The molecule has 1 aliphatic heterocycles. The third-order valence-corrected chi connectivity index (χ3v) is 6.63. The number of hydrogen-bond donors (Lipinski definition) is 0. The molecule has 1 atom stereocenters. The number of aryl methyl sites for hydroxylation is 2. The van der Waals surface area contributed by atoms with E-state index in [1.165, 1.54) is 5.56 Å². The van der Waals surface area contributed by atoms with Crippen LogP contribution in [0.4, 0.5) is 0 Å². The molecule has 3 heterocycles. The van der Waals surface area contributed by atoms with E-state index in [4.69, 9.17) is 16.6 Å². The second-order valence-electron chi connectivity index (χ2n) is 8.47. The third-order valence-electron chi connectivity index (χ3n) is 6.38. The normalized spacial score (nSPS) is 16.1. The van der Waals surface area contributed by atoms with Gasteiger partial charge in [-0.1, -0.05) is 29.8 Å². The summed E-state index contributed by atoms with van der Waals surface area (Å²) in [5.74, 6) is 0.983. The fourth-order valence-electron chi connectivity index (χ4n) is 4.51. The maximum atomic E-state index is 13.4. The van der Waals surface area contributed by atoms with Gasteiger partial charge in [-0.05, 0) is 73.7 Å². The zero-order valence-electron chi connectivity index (χ0n) is 18.3. The van der Waals surface area contributed by atoms with E-state index in [0.717, 1.165) is 58.9 Å². The van der Waals surface area contributed by atoms with Crippen molar-refractivity contribution in [2.45, 2.75) is 32.2 Å². The Morgan fingerprint density at radius 1 is 1.09 bits per heavy atom. The van der Waals surface area contributed by atoms with Gasteiger partial charge in [0.25, 0.3) is 5.91 Å². The topological polar surface area (TPSA) is 51.0 Å². The van der Waals surface area contributed by atoms with Gasteiger partial charge in [0.05, 0.1) is 22.8 Å². The van der Waals surface area contributed by atoms with Crippen LogP contribution in [0.1, 0.15) is 51.9 Å². The van der Waals surface area contributed by atoms with Crippen LogP contribution in [0.5, 0.6) is 0 Å². The van der Waals surface area contributed by atoms with Crippen LogP contribution in [0.3, 0.4) is 0 Å². The van der Waals surface area contributed by atoms with E-state index >= 15 is 0 Å². The van der Waals surface area contributed by atoms with Crippen molar-refractivity contribution in [3.63, 3.8) is 0 Å². The highest BCUT2D eigenvalue weighted by Crippen LogP contribution is 2.32. The highest BCUT2D eigenvalue weighted by molar-refractivity contribution is 6.30. The lowest BCUT2D eigenvalue weighted by atomic mass is 10.0. The number of pyridine rings is 1. The second-order valence-corrected chi connectivity index (χ2v) is 8.91. The number of amides is 1. The summed E-state index contributed by atoms with van der Waals surface area (Å²) < 4.78 is 2.04. The fraction of sp³-hybridized carbons (Fsp3) is 0.269. The monoisotopic (exact) mass is 444 g/mol. The van der Waals surface area contributed by atoms with Crippen LogP contribution < -0.4 is 0 Å². The lowest BCUT2D eigenvalue weighted by Crippen LogP contribution is -2.31. The van der Waals surface area contributed by atoms with E-state index in [1.807, 2.05) is 72.1 Å². The fourth-order valence-corrected chi connectivity index (χ4v) is 4.64. The first-order valence-corrected chi connectivity index (χ1v) is 11.3. The molecule has 4 aromatic rings. The largest absolute Gasteiger partial charge is 0.331 e. The second kappa shape index (κ2) is 8.40. The summed E-state index contributed by atoms with van der Waals surface area (Å²) in [6, 6.07) is 17.9. The van der Waals surface area contributed by atoms with Gasteiger partial charge in [-0.3, -0.25) is 9.78 Å². The molecule has 5 rings (SSSR count). The van der Waals surface area contributed by atoms with E-state index in [2.05, 4.69) is 17.1 Å². The highest BCUT2D eigenvalue weighted by atomic mass is 35.5. The van der Waals surface area contributed by atoms with Gasteiger partial charge in [-0.25, -0.2) is 4.98 Å². The Bertz CT molecular complexity index is 1280. The SMILES string of the molecule is Cc1nc2cc(C(=O)N3CCC[C@H]3c3ccc(Cc4ccc(Cl)cc4)cn3)ccc2n1C. The predicted molar refractivity (Wildman–Crippen MR) is 127 cm³/mol. The number of fused-ring (bicyclic) bond motifs is 1. The maximum absolute atomic E-state index is 13.4. The number of imidazole rings is 1. The van der Waals surface area contributed by atoms with E-state index in [1.54, 1.807) is 0 Å². The van der Waals surface area contributed by atoms with Crippen LogP contribution in [-0.4, -0.2) is 31.9 Å². The molecule has 1 aliphatic rings. The summed E-state index contributed by atoms with van der Waals surface area (Å²) in [4.78, 5) is 24.6. The molecule has 162 valence electrons. The van der Waals surface area contributed by atoms with E-state index in [0.29, 0.717) is 5.56 Å². The van der Waals surface area contributed by atoms with Gasteiger partial charge in [0.2, 0.25) is 0 Å². The molecule has 1 fully saturated rings. The van der Waals surface area contributed by atoms with Crippen molar-refractivity contribution >= 4 is 28.5 Å². The van der Waals surface area contributed by atoms with E-state index in [-0.39, 0.29) is 11.9 Å². The molecule has 2 aromatic heterocycles. The number of carbonyl (C=O) groups is 1. The van der Waals surface area contributed by atoms with Gasteiger partial charge in [0, 0.05) is 30.4 Å². The summed E-state index contributed by atoms with van der Waals surface area (Å²) in [5, 5.41) is 0.741. The van der Waals surface area contributed by atoms with Crippen molar-refractivity contribution in [2.24, 2.45) is 7.05 Å². The molecular formula is C26H25ClN4O. The Morgan fingerprint density at radius 3 is 2.62 bits per heavy atom. The van der Waals surface area contributed by atoms with Crippen molar-refractivity contribution in [3.05, 3.63) is 94.0 Å². The van der Waals surface area contributed by atoms with Crippen LogP contribution in [0.2, 0.25) is 5.02 Å². The van der Waals surface area contributed by atoms with Crippen LogP contribution in [0.25, 0.3) is 11.0 Å². The minimum Gasteiger partial charge on any atom is -0.331 e. The molecule has 0 saturated carbocycles. The van der Waals surface area contributed by atoms with Gasteiger partial charge in [0.1, 0.15) is 5.82 Å². The van der Waals surface area contributed by atoms with Crippen LogP contribution in [0, 0.1) is 6.92 Å². The Morgan fingerprint density at radius 2 is 1.88 bits per heavy atom. The Labute approximate surface area is 192 Å². The summed E-state index contributed by atoms with van der Waals surface area (Å²) in [6.07, 6.45) is 4.64. The molecule has 0 spiro atoms. The molecule has 1 saturated heterocycles. The van der Waals surface area contributed by atoms with Crippen molar-refractivity contribution in [1.82, 2.24) is 19.4 Å². The molecule has 0 aliphatic carbocycles. The first-order valence-electron chi connectivity index (χ1n) is 10.9. The predicted octanol–water partition coefficient (Wildman–Crippen LogP) is 5.50. The molecule has 2 aromatic carbocycles. The number of halogens is 1. The lowest BCUT2D eigenvalue weighted by molar-refractivity contribution is 0.0733. The number of hydrogen-bond acceptors (Lipinski definition) is 3. The van der Waals surface area contributed by atoms with Crippen LogP contribution in [0.15, 0.2) is 60.8 Å². The van der Waals surface area contributed by atoms with Crippen molar-refractivity contribution in [1.29, 1.82) is 0 Å². The lowest BCUT2D eigenvalue weighted by Gasteiger charge is -2.24. The maximum Gasteiger partial charge on any atom is 0.254 e. The number of carbonyl (C=O) groups excluding carboxylic acids is 1. The first-order chi connectivity index (χ1) is 15.5. The molecular weight excluding hydrogens is 420 g/mol. The molecule has 0 bridgehead atoms. The number of rotatable bonds is 4. The van der Waals surface area contributed by atoms with Crippen LogP contribution in [-0.2, 0) is 13.5 Å². The van der Waals surface area contributed by atoms with Gasteiger partial charge in [0.15, 0.2) is 0 Å². The zero-order chi connectivity index (χ0) is 22.2. The summed E-state index contributed by atoms with van der Waals surface area (Å²) >= 11 is 5.98. The standard InChI is InChI=1S/C26H25ClN4O/c1-17-29-23-15-20(8-12-24(23)30(17)2)26(32)31-13-3-4-25(31)22-11-7-19(16-28-22)14-18-5-9-21(27)10-6-18/h5-12,15-16,25H,3-4,13-14H2,1-2H3/t25-/m0/s1. The van der Waals surface area contributed by atoms with Crippen molar-refractivity contribution in [2.75, 3.05) is 6.54 Å². The zero-order valence-corrected chi connectivity index (χ0v) is 19.0. The number of aromatic nitrogens is 3. The summed E-state index contributed by atoms with van der Waals surface area (Å²) in [5.41, 5.74) is 5.86. The minimum atomic E-state index is 0.00764. The minimum absolute atomic E-state index is 0.00764. The van der Waals surface area contributed by atoms with Crippen molar-refractivity contribution < 1.29 is 4.79 Å². The molecule has 5 nitrogen and oxygen atoms in total. The molecule has 1 amide bonds. The Kier molecular flexibility index (Phi) is 5.43.